The van der Waals surface area contributed by atoms with Crippen molar-refractivity contribution in [3.8, 4) is 0 Å². The zero-order valence-corrected chi connectivity index (χ0v) is 20.0. The third-order valence-electron chi connectivity index (χ3n) is 7.15. The number of nitrogens with zero attached hydrogens (tertiary/aromatic N) is 4. The average molecular weight is 467 g/mol. The molecular weight excluding hydrogens is 440 g/mol. The van der Waals surface area contributed by atoms with Crippen LogP contribution < -0.4 is 11.1 Å². The van der Waals surface area contributed by atoms with Crippen molar-refractivity contribution in [3.05, 3.63) is 54.2 Å². The highest BCUT2D eigenvalue weighted by atomic mass is 32.1. The highest BCUT2D eigenvalue weighted by Crippen LogP contribution is 2.36. The van der Waals surface area contributed by atoms with Crippen LogP contribution in [-0.4, -0.2) is 19.1 Å². The van der Waals surface area contributed by atoms with E-state index in [0.717, 1.165) is 59.0 Å². The van der Waals surface area contributed by atoms with Gasteiger partial charge in [0.15, 0.2) is 0 Å². The van der Waals surface area contributed by atoms with Crippen LogP contribution in [0.3, 0.4) is 0 Å². The van der Waals surface area contributed by atoms with E-state index in [2.05, 4.69) is 23.8 Å². The van der Waals surface area contributed by atoms with Gasteiger partial charge in [-0.1, -0.05) is 13.8 Å². The van der Waals surface area contributed by atoms with E-state index in [1.807, 2.05) is 0 Å². The Morgan fingerprint density at radius 1 is 0.812 bits per heavy atom. The summed E-state index contributed by atoms with van der Waals surface area (Å²) in [5.74, 6) is 1.33. The number of aromatic nitrogens is 4. The minimum Gasteiger partial charge on any atom is -0.297 e. The highest BCUT2D eigenvalue weighted by Gasteiger charge is 2.24. The normalized spacial score (nSPS) is 20.6. The molecule has 0 unspecified atom stereocenters. The van der Waals surface area contributed by atoms with E-state index in [-0.39, 0.29) is 11.1 Å². The molecule has 2 atom stereocenters. The van der Waals surface area contributed by atoms with Crippen LogP contribution in [0.15, 0.2) is 22.2 Å². The molecule has 6 nitrogen and oxygen atoms in total. The molecule has 0 spiro atoms. The van der Waals surface area contributed by atoms with E-state index in [1.165, 1.54) is 20.9 Å². The summed E-state index contributed by atoms with van der Waals surface area (Å²) in [6.45, 7) is 5.37. The van der Waals surface area contributed by atoms with Gasteiger partial charge in [-0.3, -0.25) is 18.7 Å². The third-order valence-corrected chi connectivity index (χ3v) is 9.47. The fraction of sp³-hybridized carbons (Fsp3) is 0.500. The standard InChI is InChI=1S/C24H26N4O2S2/c1-13-3-5-15-17(9-13)31-21-19(15)23(29)27(11-25-21)7-8-28-12-26-22-20(24(28)30)16-6-4-14(2)10-18(16)32-22/h11-14H,3-10H2,1-2H3/t13-,14-/m0/s1. The van der Waals surface area contributed by atoms with Gasteiger partial charge in [0.05, 0.1) is 23.4 Å². The van der Waals surface area contributed by atoms with E-state index in [1.54, 1.807) is 44.5 Å². The van der Waals surface area contributed by atoms with Crippen LogP contribution in [0.5, 0.6) is 0 Å². The lowest BCUT2D eigenvalue weighted by molar-refractivity contribution is 0.508. The molecule has 32 heavy (non-hydrogen) atoms. The summed E-state index contributed by atoms with van der Waals surface area (Å²) in [5, 5.41) is 1.59. The molecule has 0 aromatic carbocycles. The smallest absolute Gasteiger partial charge is 0.262 e. The molecule has 4 heterocycles. The first-order chi connectivity index (χ1) is 15.5. The molecule has 2 aliphatic carbocycles. The first-order valence-electron chi connectivity index (χ1n) is 11.5. The van der Waals surface area contributed by atoms with Crippen molar-refractivity contribution in [2.75, 3.05) is 0 Å². The van der Waals surface area contributed by atoms with Gasteiger partial charge in [-0.2, -0.15) is 0 Å². The van der Waals surface area contributed by atoms with Crippen molar-refractivity contribution in [3.63, 3.8) is 0 Å². The number of fused-ring (bicyclic) bond motifs is 6. The van der Waals surface area contributed by atoms with Crippen molar-refractivity contribution in [2.24, 2.45) is 11.8 Å². The van der Waals surface area contributed by atoms with Gasteiger partial charge in [-0.15, -0.1) is 22.7 Å². The summed E-state index contributed by atoms with van der Waals surface area (Å²) in [6.07, 6.45) is 9.53. The largest absolute Gasteiger partial charge is 0.297 e. The molecule has 2 aliphatic rings. The van der Waals surface area contributed by atoms with Gasteiger partial charge in [0.25, 0.3) is 11.1 Å². The Morgan fingerprint density at radius 3 is 1.69 bits per heavy atom. The Bertz CT molecular complexity index is 1360. The van der Waals surface area contributed by atoms with Crippen LogP contribution in [-0.2, 0) is 38.8 Å². The molecule has 0 saturated heterocycles. The second-order valence-electron chi connectivity index (χ2n) is 9.55. The first kappa shape index (κ1) is 20.3. The van der Waals surface area contributed by atoms with Gasteiger partial charge in [0.1, 0.15) is 9.66 Å². The maximum Gasteiger partial charge on any atom is 0.262 e. The molecule has 0 saturated carbocycles. The van der Waals surface area contributed by atoms with Crippen molar-refractivity contribution in [1.82, 2.24) is 19.1 Å². The molecule has 0 N–H and O–H groups in total. The Kier molecular flexibility index (Phi) is 4.84. The lowest BCUT2D eigenvalue weighted by atomic mass is 9.89. The fourth-order valence-corrected chi connectivity index (χ4v) is 7.95. The fourth-order valence-electron chi connectivity index (χ4n) is 5.27. The zero-order valence-electron chi connectivity index (χ0n) is 18.4. The van der Waals surface area contributed by atoms with E-state index >= 15 is 0 Å². The SMILES string of the molecule is C[C@H]1CCc2c(sc3ncn(CCn4cnc5sc6c(c5c4=O)CC[C@H](C)C6)c(=O)c23)C1. The average Bonchev–Trinajstić information content (AvgIpc) is 3.32. The van der Waals surface area contributed by atoms with Crippen LogP contribution in [0.1, 0.15) is 47.6 Å². The van der Waals surface area contributed by atoms with Crippen LogP contribution in [0.4, 0.5) is 0 Å². The quantitative estimate of drug-likeness (QED) is 0.454. The topological polar surface area (TPSA) is 69.8 Å². The predicted molar refractivity (Wildman–Crippen MR) is 130 cm³/mol. The van der Waals surface area contributed by atoms with Crippen LogP contribution in [0.25, 0.3) is 20.4 Å². The molecule has 0 aliphatic heterocycles. The summed E-state index contributed by atoms with van der Waals surface area (Å²) in [6, 6.07) is 0. The van der Waals surface area contributed by atoms with Crippen molar-refractivity contribution in [2.45, 2.75) is 65.5 Å². The Labute approximate surface area is 193 Å². The highest BCUT2D eigenvalue weighted by molar-refractivity contribution is 7.19. The van der Waals surface area contributed by atoms with Crippen LogP contribution in [0.2, 0.25) is 0 Å². The molecule has 0 bridgehead atoms. The Balaban J connectivity index is 1.33. The van der Waals surface area contributed by atoms with Gasteiger partial charge in [0.2, 0.25) is 0 Å². The van der Waals surface area contributed by atoms with Gasteiger partial charge in [-0.05, 0) is 61.5 Å². The lowest BCUT2D eigenvalue weighted by Gasteiger charge is -2.17. The summed E-state index contributed by atoms with van der Waals surface area (Å²) in [4.78, 5) is 40.1. The van der Waals surface area contributed by atoms with E-state index in [4.69, 9.17) is 0 Å². The molecule has 0 radical (unpaired) electrons. The van der Waals surface area contributed by atoms with Gasteiger partial charge >= 0.3 is 0 Å². The van der Waals surface area contributed by atoms with Crippen molar-refractivity contribution < 1.29 is 0 Å². The molecular formula is C24H26N4O2S2. The monoisotopic (exact) mass is 466 g/mol. The van der Waals surface area contributed by atoms with E-state index < -0.39 is 0 Å². The molecule has 166 valence electrons. The molecule has 0 amide bonds. The molecule has 6 rings (SSSR count). The summed E-state index contributed by atoms with van der Waals surface area (Å²) >= 11 is 3.34. The minimum atomic E-state index is 0.0195. The van der Waals surface area contributed by atoms with Gasteiger partial charge in [-0.25, -0.2) is 9.97 Å². The van der Waals surface area contributed by atoms with Crippen LogP contribution in [0, 0.1) is 11.8 Å². The first-order valence-corrected chi connectivity index (χ1v) is 13.1. The molecule has 8 heteroatoms. The second-order valence-corrected chi connectivity index (χ2v) is 11.7. The molecule has 4 aromatic rings. The van der Waals surface area contributed by atoms with Crippen molar-refractivity contribution in [1.29, 1.82) is 0 Å². The number of rotatable bonds is 3. The predicted octanol–water partition coefficient (Wildman–Crippen LogP) is 4.18. The number of thiophene rings is 2. The minimum absolute atomic E-state index is 0.0195. The third kappa shape index (κ3) is 3.18. The van der Waals surface area contributed by atoms with E-state index in [0.29, 0.717) is 24.9 Å². The Morgan fingerprint density at radius 2 is 1.25 bits per heavy atom. The summed E-state index contributed by atoms with van der Waals surface area (Å²) in [5.41, 5.74) is 2.45. The summed E-state index contributed by atoms with van der Waals surface area (Å²) in [7, 11) is 0. The van der Waals surface area contributed by atoms with Gasteiger partial charge < -0.3 is 0 Å². The van der Waals surface area contributed by atoms with Gasteiger partial charge in [0, 0.05) is 22.8 Å². The maximum atomic E-state index is 13.3. The zero-order chi connectivity index (χ0) is 22.0. The second kappa shape index (κ2) is 7.63. The lowest BCUT2D eigenvalue weighted by Crippen LogP contribution is -2.28. The maximum absolute atomic E-state index is 13.3. The molecule has 4 aromatic heterocycles. The summed E-state index contributed by atoms with van der Waals surface area (Å²) < 4.78 is 3.32. The number of aryl methyl sites for hydroxylation is 4. The van der Waals surface area contributed by atoms with Crippen LogP contribution >= 0.6 is 22.7 Å². The Hall–Kier alpha value is -2.32. The molecule has 0 fully saturated rings. The number of hydrogen-bond acceptors (Lipinski definition) is 6. The van der Waals surface area contributed by atoms with E-state index in [9.17, 15) is 9.59 Å². The van der Waals surface area contributed by atoms with Crippen molar-refractivity contribution >= 4 is 43.1 Å². The number of hydrogen-bond donors (Lipinski definition) is 0.